The Kier molecular flexibility index (Phi) is 4.12. The Labute approximate surface area is 117 Å². The van der Waals surface area contributed by atoms with Crippen LogP contribution in [0.2, 0.25) is 0 Å². The van der Waals surface area contributed by atoms with E-state index in [0.29, 0.717) is 5.56 Å². The molecule has 0 aliphatic rings. The highest BCUT2D eigenvalue weighted by Crippen LogP contribution is 2.28. The van der Waals surface area contributed by atoms with E-state index in [0.717, 1.165) is 27.5 Å². The van der Waals surface area contributed by atoms with E-state index in [9.17, 15) is 4.79 Å². The fourth-order valence-corrected chi connectivity index (χ4v) is 2.67. The lowest BCUT2D eigenvalue weighted by Gasteiger charge is -2.07. The molecule has 0 unspecified atom stereocenters. The molecule has 0 aromatic heterocycles. The summed E-state index contributed by atoms with van der Waals surface area (Å²) >= 11 is 1.65. The minimum Gasteiger partial charge on any atom is -0.398 e. The molecule has 0 spiro atoms. The number of rotatable bonds is 4. The van der Waals surface area contributed by atoms with E-state index in [1.54, 1.807) is 17.8 Å². The number of anilines is 1. The maximum atomic E-state index is 11.1. The number of carbonyl (C=O) groups excluding carboxylic acids is 1. The van der Waals surface area contributed by atoms with E-state index in [1.807, 2.05) is 43.3 Å². The van der Waals surface area contributed by atoms with Crippen molar-refractivity contribution in [3.63, 3.8) is 0 Å². The third-order valence-electron chi connectivity index (χ3n) is 2.77. The summed E-state index contributed by atoms with van der Waals surface area (Å²) in [5, 5.41) is 0. The van der Waals surface area contributed by atoms with Gasteiger partial charge in [-0.1, -0.05) is 18.2 Å². The smallest absolute Gasteiger partial charge is 0.248 e. The molecule has 0 fully saturated rings. The van der Waals surface area contributed by atoms with E-state index in [2.05, 4.69) is 0 Å². The van der Waals surface area contributed by atoms with Crippen LogP contribution >= 0.6 is 11.8 Å². The molecule has 19 heavy (non-hydrogen) atoms. The van der Waals surface area contributed by atoms with Crippen LogP contribution < -0.4 is 11.5 Å². The summed E-state index contributed by atoms with van der Waals surface area (Å²) in [7, 11) is 0. The van der Waals surface area contributed by atoms with Crippen molar-refractivity contribution < 1.29 is 4.79 Å². The first-order chi connectivity index (χ1) is 9.06. The first kappa shape index (κ1) is 13.5. The van der Waals surface area contributed by atoms with Gasteiger partial charge in [-0.3, -0.25) is 4.79 Å². The van der Waals surface area contributed by atoms with Gasteiger partial charge in [-0.15, -0.1) is 11.8 Å². The van der Waals surface area contributed by atoms with Crippen molar-refractivity contribution in [1.29, 1.82) is 0 Å². The van der Waals surface area contributed by atoms with Gasteiger partial charge in [0.15, 0.2) is 0 Å². The summed E-state index contributed by atoms with van der Waals surface area (Å²) < 4.78 is 0. The van der Waals surface area contributed by atoms with E-state index in [4.69, 9.17) is 11.5 Å². The number of hydrogen-bond acceptors (Lipinski definition) is 3. The Bertz CT molecular complexity index is 611. The van der Waals surface area contributed by atoms with Gasteiger partial charge in [-0.25, -0.2) is 0 Å². The molecule has 0 saturated carbocycles. The van der Waals surface area contributed by atoms with Gasteiger partial charge >= 0.3 is 0 Å². The Morgan fingerprint density at radius 3 is 2.68 bits per heavy atom. The zero-order chi connectivity index (χ0) is 13.8. The van der Waals surface area contributed by atoms with Gasteiger partial charge < -0.3 is 11.5 Å². The van der Waals surface area contributed by atoms with Crippen LogP contribution in [0.25, 0.3) is 0 Å². The monoisotopic (exact) mass is 272 g/mol. The molecular weight excluding hydrogens is 256 g/mol. The molecule has 0 bridgehead atoms. The number of benzene rings is 2. The zero-order valence-electron chi connectivity index (χ0n) is 10.7. The molecule has 98 valence electrons. The van der Waals surface area contributed by atoms with Crippen LogP contribution in [0.3, 0.4) is 0 Å². The third-order valence-corrected chi connectivity index (χ3v) is 3.93. The van der Waals surface area contributed by atoms with Crippen LogP contribution in [-0.2, 0) is 5.75 Å². The highest BCUT2D eigenvalue weighted by Gasteiger charge is 2.04. The largest absolute Gasteiger partial charge is 0.398 e. The number of thioether (sulfide) groups is 1. The van der Waals surface area contributed by atoms with Crippen LogP contribution in [0, 0.1) is 6.92 Å². The van der Waals surface area contributed by atoms with Crippen LogP contribution in [0.1, 0.15) is 21.5 Å². The molecule has 1 amide bonds. The quantitative estimate of drug-likeness (QED) is 0.664. The molecule has 0 heterocycles. The van der Waals surface area contributed by atoms with Crippen LogP contribution in [0.4, 0.5) is 5.69 Å². The Hall–Kier alpha value is -1.94. The summed E-state index contributed by atoms with van der Waals surface area (Å²) in [5.74, 6) is 0.357. The van der Waals surface area contributed by atoms with Crippen molar-refractivity contribution in [2.75, 3.05) is 5.73 Å². The molecule has 2 aromatic carbocycles. The molecule has 2 rings (SSSR count). The Morgan fingerprint density at radius 1 is 1.21 bits per heavy atom. The minimum atomic E-state index is -0.401. The standard InChI is InChI=1S/C15H16N2OS/c1-10-5-6-14(13(16)7-10)19-9-11-3-2-4-12(8-11)15(17)18/h2-8H,9,16H2,1H3,(H2,17,18). The number of hydrogen-bond donors (Lipinski definition) is 2. The van der Waals surface area contributed by atoms with Crippen molar-refractivity contribution in [2.24, 2.45) is 5.73 Å². The fraction of sp³-hybridized carbons (Fsp3) is 0.133. The van der Waals surface area contributed by atoms with Crippen molar-refractivity contribution in [3.05, 3.63) is 59.2 Å². The van der Waals surface area contributed by atoms with Crippen molar-refractivity contribution in [3.8, 4) is 0 Å². The molecular formula is C15H16N2OS. The highest BCUT2D eigenvalue weighted by molar-refractivity contribution is 7.98. The number of amides is 1. The van der Waals surface area contributed by atoms with Crippen LogP contribution in [0.15, 0.2) is 47.4 Å². The number of nitrogen functional groups attached to an aromatic ring is 1. The summed E-state index contributed by atoms with van der Waals surface area (Å²) in [4.78, 5) is 12.2. The molecule has 4 N–H and O–H groups in total. The van der Waals surface area contributed by atoms with Gasteiger partial charge in [-0.2, -0.15) is 0 Å². The maximum absolute atomic E-state index is 11.1. The first-order valence-electron chi connectivity index (χ1n) is 5.94. The Balaban J connectivity index is 2.10. The van der Waals surface area contributed by atoms with Crippen molar-refractivity contribution in [2.45, 2.75) is 17.6 Å². The molecule has 0 aliphatic heterocycles. The summed E-state index contributed by atoms with van der Waals surface area (Å²) in [6, 6.07) is 13.4. The second-order valence-corrected chi connectivity index (χ2v) is 5.41. The van der Waals surface area contributed by atoms with Gasteiger partial charge in [0.05, 0.1) is 0 Å². The average Bonchev–Trinajstić information content (AvgIpc) is 2.38. The highest BCUT2D eigenvalue weighted by atomic mass is 32.2. The SMILES string of the molecule is Cc1ccc(SCc2cccc(C(N)=O)c2)c(N)c1. The number of nitrogens with two attached hydrogens (primary N) is 2. The zero-order valence-corrected chi connectivity index (χ0v) is 11.5. The van der Waals surface area contributed by atoms with Crippen LogP contribution in [-0.4, -0.2) is 5.91 Å². The van der Waals surface area contributed by atoms with E-state index in [-0.39, 0.29) is 0 Å². The third kappa shape index (κ3) is 3.51. The van der Waals surface area contributed by atoms with Crippen molar-refractivity contribution in [1.82, 2.24) is 0 Å². The number of primary amides is 1. The topological polar surface area (TPSA) is 69.1 Å². The molecule has 0 aliphatic carbocycles. The lowest BCUT2D eigenvalue weighted by molar-refractivity contribution is 0.1000. The molecule has 2 aromatic rings. The summed E-state index contributed by atoms with van der Waals surface area (Å²) in [5.41, 5.74) is 14.8. The second kappa shape index (κ2) is 5.80. The second-order valence-electron chi connectivity index (χ2n) is 4.39. The summed E-state index contributed by atoms with van der Waals surface area (Å²) in [6.07, 6.45) is 0. The van der Waals surface area contributed by atoms with Crippen LogP contribution in [0.5, 0.6) is 0 Å². The predicted molar refractivity (Wildman–Crippen MR) is 80.1 cm³/mol. The van der Waals surface area contributed by atoms with Gasteiger partial charge in [0, 0.05) is 21.9 Å². The molecule has 0 radical (unpaired) electrons. The lowest BCUT2D eigenvalue weighted by atomic mass is 10.1. The van der Waals surface area contributed by atoms with E-state index >= 15 is 0 Å². The van der Waals surface area contributed by atoms with E-state index < -0.39 is 5.91 Å². The molecule has 0 saturated heterocycles. The average molecular weight is 272 g/mol. The number of aryl methyl sites for hydroxylation is 1. The molecule has 3 nitrogen and oxygen atoms in total. The molecule has 4 heteroatoms. The maximum Gasteiger partial charge on any atom is 0.248 e. The van der Waals surface area contributed by atoms with Gasteiger partial charge in [0.25, 0.3) is 0 Å². The minimum absolute atomic E-state index is 0.401. The predicted octanol–water partition coefficient (Wildman–Crippen LogP) is 2.97. The Morgan fingerprint density at radius 2 is 2.00 bits per heavy atom. The van der Waals surface area contributed by atoms with Gasteiger partial charge in [0.2, 0.25) is 5.91 Å². The molecule has 0 atom stereocenters. The van der Waals surface area contributed by atoms with Gasteiger partial charge in [-0.05, 0) is 42.3 Å². The van der Waals surface area contributed by atoms with Crippen molar-refractivity contribution >= 4 is 23.4 Å². The fourth-order valence-electron chi connectivity index (χ4n) is 1.77. The normalized spacial score (nSPS) is 10.4. The number of carbonyl (C=O) groups is 1. The van der Waals surface area contributed by atoms with Gasteiger partial charge in [0.1, 0.15) is 0 Å². The first-order valence-corrected chi connectivity index (χ1v) is 6.92. The summed E-state index contributed by atoms with van der Waals surface area (Å²) in [6.45, 7) is 2.02. The van der Waals surface area contributed by atoms with E-state index in [1.165, 1.54) is 0 Å². The lowest BCUT2D eigenvalue weighted by Crippen LogP contribution is -2.10.